The van der Waals surface area contributed by atoms with Gasteiger partial charge in [-0.1, -0.05) is 28.1 Å². The lowest BCUT2D eigenvalue weighted by atomic mass is 10.0. The van der Waals surface area contributed by atoms with Gasteiger partial charge in [0.25, 0.3) is 0 Å². The van der Waals surface area contributed by atoms with E-state index in [4.69, 9.17) is 4.74 Å². The van der Waals surface area contributed by atoms with Gasteiger partial charge in [-0.2, -0.15) is 0 Å². The summed E-state index contributed by atoms with van der Waals surface area (Å²) in [4.78, 5) is 14.8. The minimum absolute atomic E-state index is 0.138. The summed E-state index contributed by atoms with van der Waals surface area (Å²) in [5.41, 5.74) is 2.59. The second kappa shape index (κ2) is 6.04. The molecule has 1 aromatic carbocycles. The van der Waals surface area contributed by atoms with E-state index in [1.165, 1.54) is 0 Å². The zero-order valence-corrected chi connectivity index (χ0v) is 12.0. The summed E-state index contributed by atoms with van der Waals surface area (Å²) >= 11 is 3.37. The summed E-state index contributed by atoms with van der Waals surface area (Å²) in [6.07, 6.45) is 1.63. The second-order valence-electron chi connectivity index (χ2n) is 3.95. The monoisotopic (exact) mass is 323 g/mol. The Morgan fingerprint density at radius 3 is 2.63 bits per heavy atom. The van der Waals surface area contributed by atoms with E-state index in [2.05, 4.69) is 20.9 Å². The Kier molecular flexibility index (Phi) is 4.39. The number of hydrogen-bond donors (Lipinski definition) is 2. The fraction of sp³-hybridized carbons (Fsp3) is 0.214. The molecule has 0 radical (unpaired) electrons. The van der Waals surface area contributed by atoms with Gasteiger partial charge in [-0.25, -0.2) is 4.79 Å². The Morgan fingerprint density at radius 2 is 2.05 bits per heavy atom. The average Bonchev–Trinajstić information content (AvgIpc) is 2.83. The molecule has 0 saturated carbocycles. The van der Waals surface area contributed by atoms with Crippen LogP contribution in [0, 0.1) is 0 Å². The molecule has 2 aromatic rings. The van der Waals surface area contributed by atoms with Crippen molar-refractivity contribution in [3.05, 3.63) is 46.2 Å². The number of aliphatic hydroxyl groups excluding tert-OH is 1. The van der Waals surface area contributed by atoms with Crippen LogP contribution in [0.25, 0.3) is 11.1 Å². The Labute approximate surface area is 119 Å². The van der Waals surface area contributed by atoms with Gasteiger partial charge in [0.05, 0.1) is 13.2 Å². The maximum atomic E-state index is 11.9. The number of nitrogens with one attached hydrogen (secondary N) is 1. The first-order valence-corrected chi connectivity index (χ1v) is 6.70. The smallest absolute Gasteiger partial charge is 0.355 e. The molecule has 100 valence electrons. The van der Waals surface area contributed by atoms with Crippen molar-refractivity contribution in [1.29, 1.82) is 0 Å². The van der Waals surface area contributed by atoms with Crippen LogP contribution in [0.5, 0.6) is 0 Å². The normalized spacial score (nSPS) is 10.5. The topological polar surface area (TPSA) is 62.3 Å². The van der Waals surface area contributed by atoms with E-state index in [0.717, 1.165) is 10.0 Å². The molecule has 19 heavy (non-hydrogen) atoms. The van der Waals surface area contributed by atoms with Gasteiger partial charge in [0.2, 0.25) is 0 Å². The molecule has 0 aliphatic heterocycles. The van der Waals surface area contributed by atoms with Crippen LogP contribution < -0.4 is 0 Å². The molecule has 0 amide bonds. The lowest BCUT2D eigenvalue weighted by molar-refractivity contribution is 0.0521. The Balaban J connectivity index is 2.50. The second-order valence-corrected chi connectivity index (χ2v) is 4.87. The molecule has 5 heteroatoms. The van der Waals surface area contributed by atoms with Crippen LogP contribution in [0.15, 0.2) is 34.9 Å². The number of carbonyl (C=O) groups excluding carboxylic acids is 1. The van der Waals surface area contributed by atoms with E-state index in [0.29, 0.717) is 23.4 Å². The standard InChI is InChI=1S/C14H14BrNO3/c1-2-19-14(18)13-12(10(8-17)7-16-13)9-3-5-11(15)6-4-9/h3-7,16-17H,2,8H2,1H3. The highest BCUT2D eigenvalue weighted by Crippen LogP contribution is 2.29. The minimum Gasteiger partial charge on any atom is -0.461 e. The zero-order chi connectivity index (χ0) is 13.8. The Bertz CT molecular complexity index is 575. The molecule has 0 spiro atoms. The molecule has 2 rings (SSSR count). The minimum atomic E-state index is -0.417. The van der Waals surface area contributed by atoms with Crippen molar-refractivity contribution >= 4 is 21.9 Å². The number of aliphatic hydroxyl groups is 1. The molecule has 0 aliphatic rings. The van der Waals surface area contributed by atoms with E-state index in [1.54, 1.807) is 13.1 Å². The first-order valence-electron chi connectivity index (χ1n) is 5.91. The maximum Gasteiger partial charge on any atom is 0.355 e. The maximum absolute atomic E-state index is 11.9. The summed E-state index contributed by atoms with van der Waals surface area (Å²) in [5.74, 6) is -0.417. The molecule has 0 aliphatic carbocycles. The highest BCUT2D eigenvalue weighted by molar-refractivity contribution is 9.10. The number of hydrogen-bond acceptors (Lipinski definition) is 3. The van der Waals surface area contributed by atoms with Gasteiger partial charge in [-0.05, 0) is 24.6 Å². The van der Waals surface area contributed by atoms with Crippen molar-refractivity contribution < 1.29 is 14.6 Å². The number of rotatable bonds is 4. The molecule has 4 nitrogen and oxygen atoms in total. The van der Waals surface area contributed by atoms with Crippen molar-refractivity contribution in [2.45, 2.75) is 13.5 Å². The van der Waals surface area contributed by atoms with E-state index in [1.807, 2.05) is 24.3 Å². The van der Waals surface area contributed by atoms with E-state index in [-0.39, 0.29) is 6.61 Å². The number of esters is 1. The van der Waals surface area contributed by atoms with Gasteiger partial charge < -0.3 is 14.8 Å². The lowest BCUT2D eigenvalue weighted by Crippen LogP contribution is -2.06. The predicted molar refractivity (Wildman–Crippen MR) is 75.8 cm³/mol. The first kappa shape index (κ1) is 13.8. The summed E-state index contributed by atoms with van der Waals surface area (Å²) < 4.78 is 5.96. The number of benzene rings is 1. The van der Waals surface area contributed by atoms with Gasteiger partial charge >= 0.3 is 5.97 Å². The molecule has 0 unspecified atom stereocenters. The van der Waals surface area contributed by atoms with Crippen LogP contribution in [0.2, 0.25) is 0 Å². The molecule has 0 fully saturated rings. The highest BCUT2D eigenvalue weighted by Gasteiger charge is 2.19. The van der Waals surface area contributed by atoms with Crippen LogP contribution in [0.4, 0.5) is 0 Å². The van der Waals surface area contributed by atoms with Crippen molar-refractivity contribution in [2.24, 2.45) is 0 Å². The van der Waals surface area contributed by atoms with E-state index in [9.17, 15) is 9.90 Å². The number of carbonyl (C=O) groups is 1. The van der Waals surface area contributed by atoms with Crippen molar-refractivity contribution in [2.75, 3.05) is 6.61 Å². The molecule has 0 saturated heterocycles. The van der Waals surface area contributed by atoms with E-state index < -0.39 is 5.97 Å². The van der Waals surface area contributed by atoms with Gasteiger partial charge in [0.1, 0.15) is 5.69 Å². The predicted octanol–water partition coefficient (Wildman–Crippen LogP) is 3.11. The largest absolute Gasteiger partial charge is 0.461 e. The van der Waals surface area contributed by atoms with Gasteiger partial charge in [0, 0.05) is 21.8 Å². The van der Waals surface area contributed by atoms with Crippen molar-refractivity contribution in [1.82, 2.24) is 4.98 Å². The van der Waals surface area contributed by atoms with Gasteiger partial charge in [0.15, 0.2) is 0 Å². The number of H-pyrrole nitrogens is 1. The van der Waals surface area contributed by atoms with Crippen molar-refractivity contribution in [3.63, 3.8) is 0 Å². The van der Waals surface area contributed by atoms with Crippen LogP contribution >= 0.6 is 15.9 Å². The van der Waals surface area contributed by atoms with Crippen LogP contribution in [-0.2, 0) is 11.3 Å². The number of aromatic amines is 1. The van der Waals surface area contributed by atoms with E-state index >= 15 is 0 Å². The molecular formula is C14H14BrNO3. The molecule has 2 N–H and O–H groups in total. The summed E-state index contributed by atoms with van der Waals surface area (Å²) in [6, 6.07) is 7.54. The zero-order valence-electron chi connectivity index (χ0n) is 10.4. The first-order chi connectivity index (χ1) is 9.17. The SMILES string of the molecule is CCOC(=O)c1[nH]cc(CO)c1-c1ccc(Br)cc1. The highest BCUT2D eigenvalue weighted by atomic mass is 79.9. The van der Waals surface area contributed by atoms with Crippen LogP contribution in [-0.4, -0.2) is 22.7 Å². The Hall–Kier alpha value is -1.59. The number of ether oxygens (including phenoxy) is 1. The average molecular weight is 324 g/mol. The summed E-state index contributed by atoms with van der Waals surface area (Å²) in [7, 11) is 0. The molecule has 0 atom stereocenters. The fourth-order valence-electron chi connectivity index (χ4n) is 1.90. The lowest BCUT2D eigenvalue weighted by Gasteiger charge is -2.06. The molecule has 1 aromatic heterocycles. The van der Waals surface area contributed by atoms with Gasteiger partial charge in [-0.15, -0.1) is 0 Å². The third kappa shape index (κ3) is 2.88. The fourth-order valence-corrected chi connectivity index (χ4v) is 2.16. The molecule has 0 bridgehead atoms. The summed E-state index contributed by atoms with van der Waals surface area (Å²) in [6.45, 7) is 1.93. The Morgan fingerprint density at radius 1 is 1.37 bits per heavy atom. The third-order valence-electron chi connectivity index (χ3n) is 2.74. The molecular weight excluding hydrogens is 310 g/mol. The number of aromatic nitrogens is 1. The third-order valence-corrected chi connectivity index (χ3v) is 3.27. The molecule has 1 heterocycles. The van der Waals surface area contributed by atoms with Gasteiger partial charge in [-0.3, -0.25) is 0 Å². The van der Waals surface area contributed by atoms with Crippen LogP contribution in [0.3, 0.4) is 0 Å². The quantitative estimate of drug-likeness (QED) is 0.850. The summed E-state index contributed by atoms with van der Waals surface area (Å²) in [5, 5.41) is 9.38. The number of halogens is 1. The van der Waals surface area contributed by atoms with Crippen molar-refractivity contribution in [3.8, 4) is 11.1 Å². The van der Waals surface area contributed by atoms with Crippen LogP contribution in [0.1, 0.15) is 23.0 Å².